The first kappa shape index (κ1) is 34.7. The summed E-state index contributed by atoms with van der Waals surface area (Å²) >= 11 is 0.0498. The summed E-state index contributed by atoms with van der Waals surface area (Å²) in [6.45, 7) is 2.19. The quantitative estimate of drug-likeness (QED) is 0.127. The second-order valence-electron chi connectivity index (χ2n) is 13.0. The van der Waals surface area contributed by atoms with Gasteiger partial charge in [-0.05, 0) is 39.0 Å². The molecule has 0 unspecified atom stereocenters. The van der Waals surface area contributed by atoms with Gasteiger partial charge in [-0.15, -0.1) is 17.7 Å². The first-order valence-electron chi connectivity index (χ1n) is 16.2. The van der Waals surface area contributed by atoms with Crippen molar-refractivity contribution in [2.24, 2.45) is 0 Å². The van der Waals surface area contributed by atoms with E-state index >= 15 is 0 Å². The minimum atomic E-state index is -1.77. The summed E-state index contributed by atoms with van der Waals surface area (Å²) in [6.07, 6.45) is 3.97. The van der Waals surface area contributed by atoms with Crippen molar-refractivity contribution in [2.45, 2.75) is 24.2 Å². The number of thiophene rings is 1. The maximum Gasteiger partial charge on any atom is 0.0239 e. The van der Waals surface area contributed by atoms with Gasteiger partial charge in [0.1, 0.15) is 0 Å². The van der Waals surface area contributed by atoms with Gasteiger partial charge in [0.2, 0.25) is 0 Å². The molecule has 0 spiro atoms. The summed E-state index contributed by atoms with van der Waals surface area (Å²) in [6, 6.07) is 53.0. The van der Waals surface area contributed by atoms with Crippen LogP contribution in [0.15, 0.2) is 146 Å². The van der Waals surface area contributed by atoms with Crippen LogP contribution in [0.25, 0.3) is 64.9 Å². The molecule has 0 N–H and O–H groups in total. The number of hydrogen-bond donors (Lipinski definition) is 0. The average Bonchev–Trinajstić information content (AvgIpc) is 3.52. The number of pyridine rings is 2. The summed E-state index contributed by atoms with van der Waals surface area (Å²) in [7, 11) is 0. The van der Waals surface area contributed by atoms with Crippen LogP contribution in [-0.2, 0) is 20.1 Å². The molecule has 243 valence electrons. The van der Waals surface area contributed by atoms with Crippen molar-refractivity contribution in [3.8, 4) is 44.8 Å². The first-order valence-corrected chi connectivity index (χ1v) is 24.4. The molecule has 5 heteroatoms. The Morgan fingerprint density at radius 2 is 1.35 bits per heavy atom. The number of rotatable bonds is 5. The zero-order valence-electron chi connectivity index (χ0n) is 28.0. The van der Waals surface area contributed by atoms with Crippen LogP contribution in [0.2, 0.25) is 17.3 Å². The molecule has 0 saturated carbocycles. The van der Waals surface area contributed by atoms with E-state index in [1.54, 1.807) is 0 Å². The molecule has 8 rings (SSSR count). The third-order valence-electron chi connectivity index (χ3n) is 8.56. The molecule has 0 amide bonds. The number of hydrogen-bond acceptors (Lipinski definition) is 3. The molecular formula is C44H36GeIrN2S-2. The third kappa shape index (κ3) is 7.54. The fraction of sp³-hybridized carbons (Fsp3) is 0.0909. The van der Waals surface area contributed by atoms with Crippen LogP contribution in [0.4, 0.5) is 0 Å². The predicted molar refractivity (Wildman–Crippen MR) is 208 cm³/mol. The van der Waals surface area contributed by atoms with E-state index in [-0.39, 0.29) is 20.1 Å². The molecule has 8 aromatic rings. The maximum absolute atomic E-state index is 4.73. The molecule has 0 aliphatic carbocycles. The van der Waals surface area contributed by atoms with Gasteiger partial charge >= 0.3 is 106 Å². The molecule has 0 saturated heterocycles. The Morgan fingerprint density at radius 1 is 0.653 bits per heavy atom. The molecule has 5 aromatic carbocycles. The Labute approximate surface area is 309 Å². The fourth-order valence-electron chi connectivity index (χ4n) is 6.23. The largest absolute Gasteiger partial charge is 0.305 e. The molecule has 49 heavy (non-hydrogen) atoms. The molecule has 3 aromatic heterocycles. The fourth-order valence-corrected chi connectivity index (χ4v) is 11.0. The zero-order chi connectivity index (χ0) is 33.1. The first-order chi connectivity index (χ1) is 23.4. The van der Waals surface area contributed by atoms with Crippen molar-refractivity contribution in [3.05, 3.63) is 164 Å². The van der Waals surface area contributed by atoms with Gasteiger partial charge in [-0.1, -0.05) is 101 Å². The minimum Gasteiger partial charge on any atom is -0.305 e. The maximum atomic E-state index is 4.73. The van der Waals surface area contributed by atoms with Crippen LogP contribution in [-0.4, -0.2) is 23.2 Å². The Bertz CT molecular complexity index is 2330. The molecule has 0 aliphatic heterocycles. The Hall–Kier alpha value is -4.19. The zero-order valence-corrected chi connectivity index (χ0v) is 33.3. The van der Waals surface area contributed by atoms with E-state index < -0.39 is 13.3 Å². The van der Waals surface area contributed by atoms with Crippen LogP contribution in [0.5, 0.6) is 0 Å². The number of aryl methyl sites for hydroxylation is 1. The second kappa shape index (κ2) is 15.1. The smallest absolute Gasteiger partial charge is 0.0239 e. The van der Waals surface area contributed by atoms with E-state index in [0.717, 1.165) is 22.5 Å². The Balaban J connectivity index is 0.000000198. The topological polar surface area (TPSA) is 25.8 Å². The minimum absolute atomic E-state index is 0. The van der Waals surface area contributed by atoms with Crippen molar-refractivity contribution in [2.75, 3.05) is 0 Å². The Kier molecular flexibility index (Phi) is 10.7. The van der Waals surface area contributed by atoms with Crippen molar-refractivity contribution >= 4 is 49.2 Å². The summed E-state index contributed by atoms with van der Waals surface area (Å²) in [5.41, 5.74) is 10.3. The number of aromatic nitrogens is 2. The van der Waals surface area contributed by atoms with Crippen LogP contribution >= 0.6 is 11.3 Å². The summed E-state index contributed by atoms with van der Waals surface area (Å²) in [4.78, 5) is 9.33. The second-order valence-corrected chi connectivity index (χ2v) is 24.6. The number of nitrogens with zero attached hydrogens (tertiary/aromatic N) is 2. The molecule has 0 atom stereocenters. The van der Waals surface area contributed by atoms with E-state index in [1.165, 1.54) is 52.4 Å². The van der Waals surface area contributed by atoms with Crippen molar-refractivity contribution in [3.63, 3.8) is 0 Å². The Morgan fingerprint density at radius 3 is 2.04 bits per heavy atom. The average molecular weight is 890 g/mol. The van der Waals surface area contributed by atoms with E-state index in [1.807, 2.05) is 41.8 Å². The SMILES string of the molecule is Cc1cc(-c2[c-]cccc2)nc[c]1[Ge]([CH3])([CH3])[CH3].[Ir].[c-]1cc(-c2ccccc2)c2c(sc3ccccc32)c1-c1cc(-c2ccccc2)ccn1. The summed E-state index contributed by atoms with van der Waals surface area (Å²) in [5, 5.41) is 2.57. The van der Waals surface area contributed by atoms with E-state index in [0.29, 0.717) is 0 Å². The molecule has 0 fully saturated rings. The molecule has 3 heterocycles. The van der Waals surface area contributed by atoms with Crippen molar-refractivity contribution in [1.29, 1.82) is 0 Å². The van der Waals surface area contributed by atoms with E-state index in [4.69, 9.17) is 4.98 Å². The van der Waals surface area contributed by atoms with Gasteiger partial charge in [0.05, 0.1) is 0 Å². The van der Waals surface area contributed by atoms with Gasteiger partial charge in [0.25, 0.3) is 0 Å². The van der Waals surface area contributed by atoms with Crippen LogP contribution < -0.4 is 4.40 Å². The van der Waals surface area contributed by atoms with E-state index in [2.05, 4.69) is 157 Å². The van der Waals surface area contributed by atoms with Gasteiger partial charge in [-0.2, -0.15) is 11.3 Å². The standard InChI is InChI=1S/C29H18NS.C15H18GeN.Ir/c1-3-9-20(10-4-1)22-17-18-30-26(19-22)24-16-15-23(21-11-5-2-6-12-21)28-25-13-7-8-14-27(25)31-29(24)28;1-12-10-15(13-8-6-5-7-9-13)17-11-14(12)16(2,3)4;/h1-15,17-19H;5-8,10-11H,1-4H3;/q2*-1;. The molecule has 0 aliphatic rings. The van der Waals surface area contributed by atoms with Gasteiger partial charge in [0, 0.05) is 31.0 Å². The van der Waals surface area contributed by atoms with Gasteiger partial charge in [-0.25, -0.2) is 0 Å². The molecule has 0 bridgehead atoms. The normalized spacial score (nSPS) is 11.1. The van der Waals surface area contributed by atoms with Gasteiger partial charge < -0.3 is 4.98 Å². The van der Waals surface area contributed by atoms with Crippen molar-refractivity contribution < 1.29 is 20.1 Å². The predicted octanol–water partition coefficient (Wildman–Crippen LogP) is 11.7. The van der Waals surface area contributed by atoms with Gasteiger partial charge in [0.15, 0.2) is 0 Å². The van der Waals surface area contributed by atoms with E-state index in [9.17, 15) is 0 Å². The molecule has 2 nitrogen and oxygen atoms in total. The monoisotopic (exact) mass is 891 g/mol. The van der Waals surface area contributed by atoms with Crippen LogP contribution in [0.1, 0.15) is 5.56 Å². The molecular weight excluding hydrogens is 853 g/mol. The van der Waals surface area contributed by atoms with Crippen LogP contribution in [0.3, 0.4) is 0 Å². The number of benzene rings is 5. The number of fused-ring (bicyclic) bond motifs is 3. The van der Waals surface area contributed by atoms with Crippen LogP contribution in [0, 0.1) is 19.1 Å². The molecule has 1 radical (unpaired) electrons. The van der Waals surface area contributed by atoms with Crippen molar-refractivity contribution in [1.82, 2.24) is 9.97 Å². The third-order valence-corrected chi connectivity index (χ3v) is 14.2. The van der Waals surface area contributed by atoms with Gasteiger partial charge in [-0.3, -0.25) is 0 Å². The summed E-state index contributed by atoms with van der Waals surface area (Å²) < 4.78 is 4.01. The summed E-state index contributed by atoms with van der Waals surface area (Å²) in [5.74, 6) is 7.20.